The monoisotopic (exact) mass is 360 g/mol. The molecule has 0 aliphatic heterocycles. The van der Waals surface area contributed by atoms with Gasteiger partial charge in [0.2, 0.25) is 0 Å². The van der Waals surface area contributed by atoms with Gasteiger partial charge in [-0.1, -0.05) is 18.2 Å². The van der Waals surface area contributed by atoms with E-state index in [0.717, 1.165) is 5.75 Å². The Morgan fingerprint density at radius 1 is 1.04 bits per heavy atom. The second-order valence-corrected chi connectivity index (χ2v) is 6.05. The molecule has 134 valence electrons. The molecule has 0 aliphatic rings. The van der Waals surface area contributed by atoms with Crippen molar-refractivity contribution in [2.75, 3.05) is 0 Å². The molecule has 27 heavy (non-hydrogen) atoms. The van der Waals surface area contributed by atoms with Crippen LogP contribution in [-0.2, 0) is 13.6 Å². The van der Waals surface area contributed by atoms with Crippen LogP contribution in [0.25, 0.3) is 11.0 Å². The summed E-state index contributed by atoms with van der Waals surface area (Å²) in [5.41, 5.74) is 0.699. The van der Waals surface area contributed by atoms with E-state index in [1.54, 1.807) is 31.3 Å². The Morgan fingerprint density at radius 3 is 2.48 bits per heavy atom. The number of Topliss-reactive ketones (excluding diaryl/α,β-unsaturated/α-hetero) is 1. The summed E-state index contributed by atoms with van der Waals surface area (Å²) in [4.78, 5) is 29.2. The van der Waals surface area contributed by atoms with Gasteiger partial charge in [-0.15, -0.1) is 0 Å². The first-order chi connectivity index (χ1) is 13.1. The number of benzene rings is 2. The van der Waals surface area contributed by atoms with Crippen molar-refractivity contribution in [3.05, 3.63) is 83.0 Å². The van der Waals surface area contributed by atoms with Crippen LogP contribution in [-0.4, -0.2) is 25.1 Å². The minimum absolute atomic E-state index is 0.0877. The summed E-state index contributed by atoms with van der Waals surface area (Å²) < 4.78 is 8.53. The molecule has 0 saturated carbocycles. The van der Waals surface area contributed by atoms with Gasteiger partial charge in [0, 0.05) is 12.6 Å². The van der Waals surface area contributed by atoms with E-state index < -0.39 is 0 Å². The Balaban J connectivity index is 1.51. The second kappa shape index (κ2) is 6.87. The van der Waals surface area contributed by atoms with E-state index in [0.29, 0.717) is 22.3 Å². The third-order valence-electron chi connectivity index (χ3n) is 4.19. The minimum atomic E-state index is -0.287. The summed E-state index contributed by atoms with van der Waals surface area (Å²) in [6.45, 7) is -0.0877. The van der Waals surface area contributed by atoms with E-state index in [9.17, 15) is 9.59 Å². The molecule has 4 rings (SSSR count). The van der Waals surface area contributed by atoms with Crippen molar-refractivity contribution >= 4 is 16.8 Å². The molecule has 7 nitrogen and oxygen atoms in total. The third kappa shape index (κ3) is 3.35. The maximum atomic E-state index is 12.5. The largest absolute Gasteiger partial charge is 0.457 e. The fourth-order valence-corrected chi connectivity index (χ4v) is 2.76. The standard InChI is InChI=1S/C20H16N4O3/c1-23-19-17(11-22-23)20(26)24(13-21-19)12-18(25)14-7-9-16(10-8-14)27-15-5-3-2-4-6-15/h2-11,13H,12H2,1H3. The van der Waals surface area contributed by atoms with Gasteiger partial charge in [-0.2, -0.15) is 5.10 Å². The van der Waals surface area contributed by atoms with E-state index in [2.05, 4.69) is 10.1 Å². The van der Waals surface area contributed by atoms with Gasteiger partial charge < -0.3 is 4.74 Å². The number of hydrogen-bond donors (Lipinski definition) is 0. The van der Waals surface area contributed by atoms with Crippen LogP contribution in [0.3, 0.4) is 0 Å². The Hall–Kier alpha value is -3.74. The molecule has 0 N–H and O–H groups in total. The Morgan fingerprint density at radius 2 is 1.74 bits per heavy atom. The number of hydrogen-bond acceptors (Lipinski definition) is 5. The molecule has 0 bridgehead atoms. The van der Waals surface area contributed by atoms with Gasteiger partial charge in [-0.05, 0) is 36.4 Å². The predicted molar refractivity (Wildman–Crippen MR) is 100 cm³/mol. The highest BCUT2D eigenvalue weighted by atomic mass is 16.5. The van der Waals surface area contributed by atoms with Crippen LogP contribution in [0.2, 0.25) is 0 Å². The maximum absolute atomic E-state index is 12.5. The van der Waals surface area contributed by atoms with Gasteiger partial charge in [0.15, 0.2) is 11.4 Å². The molecule has 0 amide bonds. The molecule has 2 heterocycles. The van der Waals surface area contributed by atoms with Crippen molar-refractivity contribution in [2.45, 2.75) is 6.54 Å². The number of carbonyl (C=O) groups excluding carboxylic acids is 1. The third-order valence-corrected chi connectivity index (χ3v) is 4.19. The lowest BCUT2D eigenvalue weighted by Crippen LogP contribution is -2.24. The molecule has 2 aromatic heterocycles. The molecule has 0 unspecified atom stereocenters. The SMILES string of the molecule is Cn1ncc2c(=O)n(CC(=O)c3ccc(Oc4ccccc4)cc3)cnc21. The molecule has 0 spiro atoms. The topological polar surface area (TPSA) is 79.0 Å². The fraction of sp³-hybridized carbons (Fsp3) is 0.100. The van der Waals surface area contributed by atoms with Crippen LogP contribution < -0.4 is 10.3 Å². The molecule has 7 heteroatoms. The van der Waals surface area contributed by atoms with E-state index in [4.69, 9.17) is 4.74 Å². The smallest absolute Gasteiger partial charge is 0.264 e. The fourth-order valence-electron chi connectivity index (χ4n) is 2.76. The summed E-state index contributed by atoms with van der Waals surface area (Å²) in [6.07, 6.45) is 2.83. The summed E-state index contributed by atoms with van der Waals surface area (Å²) >= 11 is 0. The van der Waals surface area contributed by atoms with Crippen molar-refractivity contribution in [3.8, 4) is 11.5 Å². The Labute approximate surface area is 154 Å². The molecule has 0 saturated heterocycles. The predicted octanol–water partition coefficient (Wildman–Crippen LogP) is 2.81. The van der Waals surface area contributed by atoms with E-state index >= 15 is 0 Å². The van der Waals surface area contributed by atoms with Gasteiger partial charge >= 0.3 is 0 Å². The molecule has 0 aliphatic carbocycles. The number of aryl methyl sites for hydroxylation is 1. The highest BCUT2D eigenvalue weighted by Gasteiger charge is 2.12. The van der Waals surface area contributed by atoms with Crippen molar-refractivity contribution < 1.29 is 9.53 Å². The van der Waals surface area contributed by atoms with Gasteiger partial charge in [0.25, 0.3) is 5.56 Å². The molecule has 0 radical (unpaired) electrons. The van der Waals surface area contributed by atoms with Gasteiger partial charge in [-0.25, -0.2) is 4.98 Å². The number of fused-ring (bicyclic) bond motifs is 1. The number of ether oxygens (including phenoxy) is 1. The van der Waals surface area contributed by atoms with Crippen molar-refractivity contribution in [2.24, 2.45) is 7.05 Å². The Bertz CT molecular complexity index is 1160. The average Bonchev–Trinajstić information content (AvgIpc) is 3.07. The highest BCUT2D eigenvalue weighted by molar-refractivity contribution is 5.96. The number of ketones is 1. The number of para-hydroxylation sites is 1. The van der Waals surface area contributed by atoms with Crippen molar-refractivity contribution in [1.29, 1.82) is 0 Å². The van der Waals surface area contributed by atoms with Crippen molar-refractivity contribution in [1.82, 2.24) is 19.3 Å². The van der Waals surface area contributed by atoms with E-state index in [-0.39, 0.29) is 17.9 Å². The van der Waals surface area contributed by atoms with Gasteiger partial charge in [-0.3, -0.25) is 18.8 Å². The lowest BCUT2D eigenvalue weighted by atomic mass is 10.1. The molecular weight excluding hydrogens is 344 g/mol. The first kappa shape index (κ1) is 16.7. The second-order valence-electron chi connectivity index (χ2n) is 6.05. The van der Waals surface area contributed by atoms with Gasteiger partial charge in [0.1, 0.15) is 23.2 Å². The van der Waals surface area contributed by atoms with E-state index in [1.165, 1.54) is 21.8 Å². The van der Waals surface area contributed by atoms with Crippen molar-refractivity contribution in [3.63, 3.8) is 0 Å². The Kier molecular flexibility index (Phi) is 4.25. The number of rotatable bonds is 5. The normalized spacial score (nSPS) is 10.9. The quantitative estimate of drug-likeness (QED) is 0.511. The zero-order valence-electron chi connectivity index (χ0n) is 14.6. The first-order valence-corrected chi connectivity index (χ1v) is 8.35. The zero-order valence-corrected chi connectivity index (χ0v) is 14.6. The van der Waals surface area contributed by atoms with Crippen LogP contribution in [0, 0.1) is 0 Å². The lowest BCUT2D eigenvalue weighted by molar-refractivity contribution is 0.0970. The first-order valence-electron chi connectivity index (χ1n) is 8.35. The molecular formula is C20H16N4O3. The summed E-state index contributed by atoms with van der Waals surface area (Å²) in [5.74, 6) is 1.17. The molecule has 0 atom stereocenters. The average molecular weight is 360 g/mol. The molecule has 4 aromatic rings. The van der Waals surface area contributed by atoms with Gasteiger partial charge in [0.05, 0.1) is 12.7 Å². The zero-order chi connectivity index (χ0) is 18.8. The minimum Gasteiger partial charge on any atom is -0.457 e. The van der Waals surface area contributed by atoms with Crippen LogP contribution >= 0.6 is 0 Å². The van der Waals surface area contributed by atoms with Crippen LogP contribution in [0.4, 0.5) is 0 Å². The maximum Gasteiger partial charge on any atom is 0.264 e. The van der Waals surface area contributed by atoms with Crippen LogP contribution in [0.15, 0.2) is 71.9 Å². The summed E-state index contributed by atoms with van der Waals surface area (Å²) in [6, 6.07) is 16.2. The lowest BCUT2D eigenvalue weighted by Gasteiger charge is -2.07. The van der Waals surface area contributed by atoms with E-state index in [1.807, 2.05) is 30.3 Å². The molecule has 2 aromatic carbocycles. The molecule has 0 fully saturated rings. The summed E-state index contributed by atoms with van der Waals surface area (Å²) in [7, 11) is 1.71. The van der Waals surface area contributed by atoms with Crippen LogP contribution in [0.1, 0.15) is 10.4 Å². The highest BCUT2D eigenvalue weighted by Crippen LogP contribution is 2.21. The summed E-state index contributed by atoms with van der Waals surface area (Å²) in [5, 5.41) is 4.41. The number of aromatic nitrogens is 4. The van der Waals surface area contributed by atoms with Crippen LogP contribution in [0.5, 0.6) is 11.5 Å². The number of nitrogens with zero attached hydrogens (tertiary/aromatic N) is 4. The number of carbonyl (C=O) groups is 1.